The van der Waals surface area contributed by atoms with Crippen LogP contribution in [-0.4, -0.2) is 22.0 Å². The molecule has 266 valence electrons. The molecule has 0 aromatic heterocycles. The summed E-state index contributed by atoms with van der Waals surface area (Å²) in [4.78, 5) is 25.4. The first-order valence-electron chi connectivity index (χ1n) is 18.5. The van der Waals surface area contributed by atoms with Crippen LogP contribution in [0.1, 0.15) is 126 Å². The fourth-order valence-electron chi connectivity index (χ4n) is 6.95. The Morgan fingerprint density at radius 1 is 0.660 bits per heavy atom. The molecule has 3 aromatic rings. The molecule has 0 saturated carbocycles. The Kier molecular flexibility index (Phi) is 12.9. The van der Waals surface area contributed by atoms with Gasteiger partial charge in [0.1, 0.15) is 11.5 Å². The zero-order valence-electron chi connectivity index (χ0n) is 30.1. The lowest BCUT2D eigenvalue weighted by Crippen LogP contribution is -2.26. The van der Waals surface area contributed by atoms with Gasteiger partial charge in [0, 0.05) is 25.2 Å². The molecule has 2 heterocycles. The highest BCUT2D eigenvalue weighted by atomic mass is 16.5. The minimum Gasteiger partial charge on any atom is -0.426 e. The molecule has 50 heavy (non-hydrogen) atoms. The number of carbonyl (C=O) groups excluding carboxylic acids is 2. The van der Waals surface area contributed by atoms with Gasteiger partial charge in [-0.15, -0.1) is 0 Å². The maximum atomic E-state index is 12.7. The molecule has 0 saturated heterocycles. The van der Waals surface area contributed by atoms with Crippen LogP contribution in [0.2, 0.25) is 0 Å². The lowest BCUT2D eigenvalue weighted by atomic mass is 9.93. The lowest BCUT2D eigenvalue weighted by Gasteiger charge is -2.21. The number of ether oxygens (including phenoxy) is 2. The monoisotopic (exact) mass is 678 g/mol. The first kappa shape index (κ1) is 36.9. The highest BCUT2D eigenvalue weighted by Gasteiger charge is 2.28. The third-order valence-electron chi connectivity index (χ3n) is 10.2. The number of carbonyl (C=O) groups is 2. The molecule has 5 rings (SSSR count). The molecule has 4 unspecified atom stereocenters. The van der Waals surface area contributed by atoms with Crippen molar-refractivity contribution in [3.05, 3.63) is 107 Å². The topological polar surface area (TPSA) is 111 Å². The van der Waals surface area contributed by atoms with Gasteiger partial charge in [0.2, 0.25) is 0 Å². The molecular formula is C42H54N4O4. The van der Waals surface area contributed by atoms with Crippen LogP contribution in [0, 0.1) is 11.8 Å². The number of nitrogens with two attached hydrogens (primary N) is 2. The molecular weight excluding hydrogens is 624 g/mol. The Balaban J connectivity index is 1.19. The average Bonchev–Trinajstić information content (AvgIpc) is 3.72. The quantitative estimate of drug-likeness (QED) is 0.0876. The maximum absolute atomic E-state index is 12.7. The summed E-state index contributed by atoms with van der Waals surface area (Å²) in [6, 6.07) is 23.9. The van der Waals surface area contributed by atoms with Crippen molar-refractivity contribution in [2.24, 2.45) is 23.5 Å². The predicted molar refractivity (Wildman–Crippen MR) is 200 cm³/mol. The average molecular weight is 679 g/mol. The summed E-state index contributed by atoms with van der Waals surface area (Å²) >= 11 is 0. The zero-order valence-corrected chi connectivity index (χ0v) is 30.1. The largest absolute Gasteiger partial charge is 0.426 e. The van der Waals surface area contributed by atoms with E-state index in [0.29, 0.717) is 11.5 Å². The molecule has 0 spiro atoms. The summed E-state index contributed by atoms with van der Waals surface area (Å²) in [6.07, 6.45) is 13.0. The van der Waals surface area contributed by atoms with E-state index in [1.54, 1.807) is 10.0 Å². The summed E-state index contributed by atoms with van der Waals surface area (Å²) < 4.78 is 11.4. The Morgan fingerprint density at radius 3 is 1.42 bits per heavy atom. The van der Waals surface area contributed by atoms with Gasteiger partial charge in [-0.2, -0.15) is 0 Å². The summed E-state index contributed by atoms with van der Waals surface area (Å²) in [7, 11) is 0. The molecule has 0 radical (unpaired) electrons. The molecule has 4 atom stereocenters. The van der Waals surface area contributed by atoms with Gasteiger partial charge in [-0.3, -0.25) is 9.59 Å². The minimum atomic E-state index is -0.154. The van der Waals surface area contributed by atoms with E-state index in [9.17, 15) is 9.59 Å². The third-order valence-corrected chi connectivity index (χ3v) is 10.2. The summed E-state index contributed by atoms with van der Waals surface area (Å²) in [5, 5.41) is 3.53. The summed E-state index contributed by atoms with van der Waals surface area (Å²) in [6.45, 7) is 8.34. The van der Waals surface area contributed by atoms with E-state index < -0.39 is 0 Å². The summed E-state index contributed by atoms with van der Waals surface area (Å²) in [5.74, 6) is 13.7. The molecule has 0 aliphatic carbocycles. The van der Waals surface area contributed by atoms with E-state index in [1.165, 1.54) is 0 Å². The molecule has 2 aliphatic heterocycles. The number of rotatable bonds is 16. The van der Waals surface area contributed by atoms with E-state index >= 15 is 0 Å². The van der Waals surface area contributed by atoms with E-state index in [-0.39, 0.29) is 35.9 Å². The maximum Gasteiger partial charge on any atom is 0.314 e. The van der Waals surface area contributed by atoms with E-state index in [0.717, 1.165) is 97.6 Å². The van der Waals surface area contributed by atoms with Crippen molar-refractivity contribution in [2.75, 3.05) is 0 Å². The van der Waals surface area contributed by atoms with Crippen molar-refractivity contribution in [1.29, 1.82) is 0 Å². The van der Waals surface area contributed by atoms with Crippen LogP contribution < -0.4 is 21.2 Å². The highest BCUT2D eigenvalue weighted by Crippen LogP contribution is 2.41. The van der Waals surface area contributed by atoms with Gasteiger partial charge >= 0.3 is 11.9 Å². The van der Waals surface area contributed by atoms with Crippen molar-refractivity contribution in [3.8, 4) is 11.5 Å². The Bertz CT molecular complexity index is 1530. The van der Waals surface area contributed by atoms with E-state index in [4.69, 9.17) is 21.2 Å². The van der Waals surface area contributed by atoms with Crippen molar-refractivity contribution >= 4 is 23.1 Å². The second-order valence-electron chi connectivity index (χ2n) is 13.7. The molecule has 0 fully saturated rings. The highest BCUT2D eigenvalue weighted by molar-refractivity contribution is 5.76. The minimum absolute atomic E-state index is 0.0209. The first-order chi connectivity index (χ1) is 24.2. The number of hydrazine groups is 2. The standard InChI is InChI=1S/C42H54N4O4/c1-5-9-12-29(7-3)41(47)49-37-20-16-31(17-21-37)39-25-35(27-45(39)43)33-14-11-15-34(24-33)36-26-40(46(44)28-36)32-18-22-38(23-19-32)50-42(48)30(8-4)13-10-6-2/h11,14-24,27-30,39-40H,5-10,12-13,25-26,43-44H2,1-4H3. The van der Waals surface area contributed by atoms with Gasteiger partial charge < -0.3 is 19.5 Å². The van der Waals surface area contributed by atoms with Crippen LogP contribution in [0.5, 0.6) is 11.5 Å². The zero-order chi connectivity index (χ0) is 35.6. The fourth-order valence-corrected chi connectivity index (χ4v) is 6.95. The number of benzene rings is 3. The van der Waals surface area contributed by atoms with Crippen molar-refractivity contribution in [1.82, 2.24) is 10.0 Å². The van der Waals surface area contributed by atoms with Gasteiger partial charge in [-0.05, 0) is 89.4 Å². The van der Waals surface area contributed by atoms with Gasteiger partial charge in [0.15, 0.2) is 0 Å². The van der Waals surface area contributed by atoms with Crippen LogP contribution in [0.3, 0.4) is 0 Å². The van der Waals surface area contributed by atoms with Crippen LogP contribution >= 0.6 is 0 Å². The number of hydrogen-bond donors (Lipinski definition) is 2. The normalized spacial score (nSPS) is 18.4. The third kappa shape index (κ3) is 9.03. The smallest absolute Gasteiger partial charge is 0.314 e. The fraction of sp³-hybridized carbons (Fsp3) is 0.429. The SMILES string of the molecule is CCCCC(CC)C(=O)Oc1ccc(C2CC(c3cccc(C4=CN(N)C(c5ccc(OC(=O)C(CC)CCCC)cc5)C4)c3)=CN2N)cc1. The lowest BCUT2D eigenvalue weighted by molar-refractivity contribution is -0.140. The van der Waals surface area contributed by atoms with Crippen LogP contribution in [-0.2, 0) is 9.59 Å². The predicted octanol–water partition coefficient (Wildman–Crippen LogP) is 9.25. The number of esters is 2. The van der Waals surface area contributed by atoms with E-state index in [2.05, 4.69) is 38.1 Å². The van der Waals surface area contributed by atoms with Crippen LogP contribution in [0.15, 0.2) is 85.2 Å². The van der Waals surface area contributed by atoms with Crippen LogP contribution in [0.25, 0.3) is 11.1 Å². The molecule has 4 N–H and O–H groups in total. The second-order valence-corrected chi connectivity index (χ2v) is 13.7. The van der Waals surface area contributed by atoms with E-state index in [1.807, 2.05) is 74.8 Å². The van der Waals surface area contributed by atoms with Crippen molar-refractivity contribution < 1.29 is 19.1 Å². The number of hydrogen-bond acceptors (Lipinski definition) is 8. The number of unbranched alkanes of at least 4 members (excludes halogenated alkanes) is 2. The molecule has 8 nitrogen and oxygen atoms in total. The van der Waals surface area contributed by atoms with Crippen LogP contribution in [0.4, 0.5) is 0 Å². The van der Waals surface area contributed by atoms with Gasteiger partial charge in [-0.25, -0.2) is 11.7 Å². The molecule has 0 amide bonds. The Morgan fingerprint density at radius 2 is 1.06 bits per heavy atom. The Hall–Kier alpha value is -4.40. The Labute approximate surface area is 298 Å². The molecule has 2 aliphatic rings. The van der Waals surface area contributed by atoms with Crippen molar-refractivity contribution in [2.45, 2.75) is 104 Å². The molecule has 8 heteroatoms. The van der Waals surface area contributed by atoms with Gasteiger partial charge in [-0.1, -0.05) is 95.8 Å². The molecule has 0 bridgehead atoms. The van der Waals surface area contributed by atoms with Crippen molar-refractivity contribution in [3.63, 3.8) is 0 Å². The number of nitrogens with zero attached hydrogens (tertiary/aromatic N) is 2. The van der Waals surface area contributed by atoms with Gasteiger partial charge in [0.25, 0.3) is 0 Å². The van der Waals surface area contributed by atoms with Gasteiger partial charge in [0.05, 0.1) is 23.9 Å². The summed E-state index contributed by atoms with van der Waals surface area (Å²) in [5.41, 5.74) is 6.67. The molecule has 3 aromatic carbocycles. The second kappa shape index (κ2) is 17.5. The first-order valence-corrected chi connectivity index (χ1v) is 18.5.